The quantitative estimate of drug-likeness (QED) is 0.483. The van der Waals surface area contributed by atoms with Crippen molar-refractivity contribution in [2.45, 2.75) is 63.0 Å². The van der Waals surface area contributed by atoms with Gasteiger partial charge in [0.25, 0.3) is 0 Å². The molecule has 2 aromatic rings. The van der Waals surface area contributed by atoms with Crippen molar-refractivity contribution in [2.24, 2.45) is 5.73 Å². The zero-order valence-electron chi connectivity index (χ0n) is 16.9. The number of nitrogens with two attached hydrogens (primary N) is 1. The lowest BCUT2D eigenvalue weighted by Gasteiger charge is -2.33. The van der Waals surface area contributed by atoms with E-state index in [0.29, 0.717) is 11.3 Å². The number of halogens is 6. The minimum atomic E-state index is -4.40. The zero-order chi connectivity index (χ0) is 22.6. The van der Waals surface area contributed by atoms with E-state index in [1.54, 1.807) is 54.6 Å². The van der Waals surface area contributed by atoms with E-state index in [2.05, 4.69) is 5.32 Å². The minimum Gasteiger partial charge on any atom is -0.379 e. The Morgan fingerprint density at radius 2 is 1.30 bits per heavy atom. The minimum absolute atomic E-state index is 0.0588. The number of hydrogen-bond acceptors (Lipinski definition) is 2. The van der Waals surface area contributed by atoms with E-state index < -0.39 is 36.3 Å². The summed E-state index contributed by atoms with van der Waals surface area (Å²) in [5.74, 6) is 0. The molecule has 166 valence electrons. The number of nitrogens with one attached hydrogen (secondary N) is 1. The van der Waals surface area contributed by atoms with E-state index >= 15 is 0 Å². The van der Waals surface area contributed by atoms with Gasteiger partial charge in [0.05, 0.1) is 12.8 Å². The predicted octanol–water partition coefficient (Wildman–Crippen LogP) is 6.26. The summed E-state index contributed by atoms with van der Waals surface area (Å²) in [7, 11) is 0. The normalized spacial score (nSPS) is 16.6. The molecule has 30 heavy (non-hydrogen) atoms. The van der Waals surface area contributed by atoms with Crippen LogP contribution in [0.15, 0.2) is 54.6 Å². The van der Waals surface area contributed by atoms with Gasteiger partial charge in [0.15, 0.2) is 0 Å². The van der Waals surface area contributed by atoms with Crippen LogP contribution >= 0.6 is 0 Å². The molecule has 0 amide bonds. The molecule has 3 N–H and O–H groups in total. The first-order chi connectivity index (χ1) is 13.6. The number of benzene rings is 2. The van der Waals surface area contributed by atoms with Gasteiger partial charge >= 0.3 is 12.4 Å². The standard InChI is InChI=1S/C22H26F6N2/c1-19(29,14-21(23,24)25)12-17-9-6-10-18(11-17)30-20(2,15-22(26,27)28)13-16-7-4-3-5-8-16/h3-11,30H,12-15,29H2,1-2H3. The SMILES string of the molecule is CC(N)(Cc1cccc(NC(C)(Cc2ccccc2)CC(F)(F)F)c1)CC(F)(F)F. The van der Waals surface area contributed by atoms with Crippen molar-refractivity contribution in [3.05, 3.63) is 65.7 Å². The molecule has 2 rings (SSSR count). The monoisotopic (exact) mass is 432 g/mol. The summed E-state index contributed by atoms with van der Waals surface area (Å²) in [5, 5.41) is 2.95. The molecular formula is C22H26F6N2. The van der Waals surface area contributed by atoms with Crippen molar-refractivity contribution >= 4 is 5.69 Å². The summed E-state index contributed by atoms with van der Waals surface area (Å²) in [4.78, 5) is 0. The van der Waals surface area contributed by atoms with Crippen LogP contribution in [0.1, 0.15) is 37.8 Å². The van der Waals surface area contributed by atoms with Gasteiger partial charge < -0.3 is 11.1 Å². The van der Waals surface area contributed by atoms with Gasteiger partial charge in [-0.15, -0.1) is 0 Å². The first-order valence-corrected chi connectivity index (χ1v) is 9.48. The van der Waals surface area contributed by atoms with Crippen LogP contribution in [0.5, 0.6) is 0 Å². The molecule has 0 radical (unpaired) electrons. The third-order valence-electron chi connectivity index (χ3n) is 4.61. The van der Waals surface area contributed by atoms with Crippen LogP contribution in [0.4, 0.5) is 32.0 Å². The summed E-state index contributed by atoms with van der Waals surface area (Å²) in [6.07, 6.45) is -11.0. The summed E-state index contributed by atoms with van der Waals surface area (Å²) in [6, 6.07) is 15.2. The first-order valence-electron chi connectivity index (χ1n) is 9.48. The molecule has 0 spiro atoms. The molecule has 2 aromatic carbocycles. The second-order valence-electron chi connectivity index (χ2n) is 8.46. The van der Waals surface area contributed by atoms with E-state index in [1.807, 2.05) is 0 Å². The highest BCUT2D eigenvalue weighted by molar-refractivity contribution is 5.48. The average Bonchev–Trinajstić information content (AvgIpc) is 2.50. The number of hydrogen-bond donors (Lipinski definition) is 2. The van der Waals surface area contributed by atoms with Gasteiger partial charge in [-0.2, -0.15) is 26.3 Å². The molecule has 0 saturated carbocycles. The maximum atomic E-state index is 13.3. The van der Waals surface area contributed by atoms with Crippen molar-refractivity contribution in [3.63, 3.8) is 0 Å². The van der Waals surface area contributed by atoms with E-state index in [-0.39, 0.29) is 12.8 Å². The second kappa shape index (κ2) is 8.88. The fraction of sp³-hybridized carbons (Fsp3) is 0.455. The van der Waals surface area contributed by atoms with Gasteiger partial charge in [0, 0.05) is 16.8 Å². The smallest absolute Gasteiger partial charge is 0.379 e. The van der Waals surface area contributed by atoms with Gasteiger partial charge in [0.2, 0.25) is 0 Å². The maximum absolute atomic E-state index is 13.3. The molecule has 0 aliphatic carbocycles. The Morgan fingerprint density at radius 1 is 0.733 bits per heavy atom. The Hall–Kier alpha value is -2.22. The fourth-order valence-corrected chi connectivity index (χ4v) is 3.73. The van der Waals surface area contributed by atoms with Crippen LogP contribution in [0.3, 0.4) is 0 Å². The topological polar surface area (TPSA) is 38.0 Å². The lowest BCUT2D eigenvalue weighted by atomic mass is 9.88. The van der Waals surface area contributed by atoms with Crippen molar-refractivity contribution in [2.75, 3.05) is 5.32 Å². The summed E-state index contributed by atoms with van der Waals surface area (Å²) >= 11 is 0. The third kappa shape index (κ3) is 8.65. The first kappa shape index (κ1) is 24.1. The highest BCUT2D eigenvalue weighted by Gasteiger charge is 2.40. The van der Waals surface area contributed by atoms with Crippen molar-refractivity contribution in [1.29, 1.82) is 0 Å². The number of anilines is 1. The molecule has 2 unspecified atom stereocenters. The van der Waals surface area contributed by atoms with Gasteiger partial charge in [0.1, 0.15) is 0 Å². The van der Waals surface area contributed by atoms with Crippen molar-refractivity contribution < 1.29 is 26.3 Å². The fourth-order valence-electron chi connectivity index (χ4n) is 3.73. The van der Waals surface area contributed by atoms with Crippen LogP contribution in [0.25, 0.3) is 0 Å². The van der Waals surface area contributed by atoms with Gasteiger partial charge in [-0.25, -0.2) is 0 Å². The lowest BCUT2D eigenvalue weighted by Crippen LogP contribution is -2.43. The molecule has 0 saturated heterocycles. The molecular weight excluding hydrogens is 406 g/mol. The summed E-state index contributed by atoms with van der Waals surface area (Å²) in [5.41, 5.74) is 4.61. The molecule has 0 aromatic heterocycles. The Bertz CT molecular complexity index is 814. The highest BCUT2D eigenvalue weighted by Crippen LogP contribution is 2.33. The van der Waals surface area contributed by atoms with E-state index in [0.717, 1.165) is 5.56 Å². The van der Waals surface area contributed by atoms with Crippen LogP contribution in [-0.4, -0.2) is 23.4 Å². The molecule has 8 heteroatoms. The lowest BCUT2D eigenvalue weighted by molar-refractivity contribution is -0.146. The second-order valence-corrected chi connectivity index (χ2v) is 8.46. The van der Waals surface area contributed by atoms with Gasteiger partial charge in [-0.05, 0) is 49.9 Å². The Morgan fingerprint density at radius 3 is 1.87 bits per heavy atom. The Balaban J connectivity index is 2.22. The molecule has 2 atom stereocenters. The Kier molecular flexibility index (Phi) is 7.12. The van der Waals surface area contributed by atoms with Gasteiger partial charge in [-0.3, -0.25) is 0 Å². The van der Waals surface area contributed by atoms with Crippen LogP contribution in [0, 0.1) is 0 Å². The molecule has 0 aliphatic rings. The zero-order valence-corrected chi connectivity index (χ0v) is 16.9. The van der Waals surface area contributed by atoms with Crippen LogP contribution < -0.4 is 11.1 Å². The van der Waals surface area contributed by atoms with Gasteiger partial charge in [-0.1, -0.05) is 42.5 Å². The largest absolute Gasteiger partial charge is 0.391 e. The molecule has 0 bridgehead atoms. The maximum Gasteiger partial charge on any atom is 0.391 e. The molecule has 0 aliphatic heterocycles. The summed E-state index contributed by atoms with van der Waals surface area (Å²) < 4.78 is 77.9. The van der Waals surface area contributed by atoms with E-state index in [9.17, 15) is 26.3 Å². The predicted molar refractivity (Wildman–Crippen MR) is 106 cm³/mol. The Labute approximate surface area is 172 Å². The highest BCUT2D eigenvalue weighted by atomic mass is 19.4. The van der Waals surface area contributed by atoms with Crippen molar-refractivity contribution in [3.8, 4) is 0 Å². The third-order valence-corrected chi connectivity index (χ3v) is 4.61. The van der Waals surface area contributed by atoms with Crippen LogP contribution in [-0.2, 0) is 12.8 Å². The number of alkyl halides is 6. The molecule has 0 heterocycles. The molecule has 2 nitrogen and oxygen atoms in total. The molecule has 0 fully saturated rings. The van der Waals surface area contributed by atoms with E-state index in [4.69, 9.17) is 5.73 Å². The number of rotatable bonds is 8. The van der Waals surface area contributed by atoms with Crippen LogP contribution in [0.2, 0.25) is 0 Å². The van der Waals surface area contributed by atoms with E-state index in [1.165, 1.54) is 13.8 Å². The average molecular weight is 432 g/mol. The van der Waals surface area contributed by atoms with Crippen molar-refractivity contribution in [1.82, 2.24) is 0 Å². The summed E-state index contributed by atoms with van der Waals surface area (Å²) in [6.45, 7) is 2.79.